The van der Waals surface area contributed by atoms with E-state index in [4.69, 9.17) is 14.6 Å². The molecule has 0 aromatic heterocycles. The standard InChI is InChI=1S/2C4H8O.CH4O/c2*1-2-4-5-3-1;1-2/h2*1-4H2;2H,1H3. The van der Waals surface area contributed by atoms with Crippen LogP contribution in [0.5, 0.6) is 0 Å². The van der Waals surface area contributed by atoms with Crippen molar-refractivity contribution in [3.05, 3.63) is 0 Å². The molecule has 2 fully saturated rings. The molecular formula is C9H20O3. The van der Waals surface area contributed by atoms with Gasteiger partial charge in [0, 0.05) is 33.5 Å². The van der Waals surface area contributed by atoms with Gasteiger partial charge in [0.15, 0.2) is 0 Å². The molecule has 2 aliphatic heterocycles. The van der Waals surface area contributed by atoms with E-state index in [2.05, 4.69) is 0 Å². The highest BCUT2D eigenvalue weighted by Gasteiger charge is 1.95. The molecule has 0 aromatic carbocycles. The average Bonchev–Trinajstić information content (AvgIpc) is 2.87. The lowest BCUT2D eigenvalue weighted by Gasteiger charge is -1.76. The summed E-state index contributed by atoms with van der Waals surface area (Å²) in [5.74, 6) is 0. The molecule has 0 aromatic rings. The molecule has 0 radical (unpaired) electrons. The second kappa shape index (κ2) is 10.9. The van der Waals surface area contributed by atoms with Gasteiger partial charge in [0.25, 0.3) is 0 Å². The summed E-state index contributed by atoms with van der Waals surface area (Å²) in [4.78, 5) is 0. The smallest absolute Gasteiger partial charge is 0.0466 e. The fourth-order valence-corrected chi connectivity index (χ4v) is 1.02. The highest BCUT2D eigenvalue weighted by molar-refractivity contribution is 4.44. The minimum Gasteiger partial charge on any atom is -0.400 e. The molecule has 1 N–H and O–H groups in total. The second-order valence-corrected chi connectivity index (χ2v) is 2.64. The van der Waals surface area contributed by atoms with Crippen LogP contribution in [0.15, 0.2) is 0 Å². The van der Waals surface area contributed by atoms with Gasteiger partial charge >= 0.3 is 0 Å². The Balaban J connectivity index is 0.000000168. The van der Waals surface area contributed by atoms with Crippen molar-refractivity contribution in [1.29, 1.82) is 0 Å². The summed E-state index contributed by atoms with van der Waals surface area (Å²) in [5.41, 5.74) is 0. The lowest BCUT2D eigenvalue weighted by molar-refractivity contribution is 0.198. The summed E-state index contributed by atoms with van der Waals surface area (Å²) >= 11 is 0. The van der Waals surface area contributed by atoms with Gasteiger partial charge in [0.2, 0.25) is 0 Å². The lowest BCUT2D eigenvalue weighted by Crippen LogP contribution is -1.74. The molecule has 0 bridgehead atoms. The SMILES string of the molecule is C1CCOC1.C1CCOC1.CO. The highest BCUT2D eigenvalue weighted by atomic mass is 16.5. The molecule has 0 aliphatic carbocycles. The average molecular weight is 176 g/mol. The van der Waals surface area contributed by atoms with Crippen LogP contribution in [-0.4, -0.2) is 38.6 Å². The predicted octanol–water partition coefficient (Wildman–Crippen LogP) is 1.20. The van der Waals surface area contributed by atoms with Crippen LogP contribution in [-0.2, 0) is 9.47 Å². The Morgan fingerprint density at radius 3 is 1.00 bits per heavy atom. The van der Waals surface area contributed by atoms with Gasteiger partial charge in [-0.2, -0.15) is 0 Å². The van der Waals surface area contributed by atoms with E-state index in [0.717, 1.165) is 33.5 Å². The third-order valence-corrected chi connectivity index (χ3v) is 1.65. The lowest BCUT2D eigenvalue weighted by atomic mass is 10.4. The summed E-state index contributed by atoms with van der Waals surface area (Å²) in [5, 5.41) is 7.00. The number of aliphatic hydroxyl groups is 1. The molecule has 0 spiro atoms. The van der Waals surface area contributed by atoms with Crippen molar-refractivity contribution in [2.24, 2.45) is 0 Å². The summed E-state index contributed by atoms with van der Waals surface area (Å²) in [6.07, 6.45) is 5.11. The summed E-state index contributed by atoms with van der Waals surface area (Å²) in [6, 6.07) is 0. The van der Waals surface area contributed by atoms with Gasteiger partial charge in [-0.1, -0.05) is 0 Å². The molecule has 3 heteroatoms. The molecular weight excluding hydrogens is 156 g/mol. The minimum atomic E-state index is 1.00. The van der Waals surface area contributed by atoms with Crippen LogP contribution < -0.4 is 0 Å². The maximum absolute atomic E-state index is 7.00. The van der Waals surface area contributed by atoms with Gasteiger partial charge in [-0.25, -0.2) is 0 Å². The zero-order valence-corrected chi connectivity index (χ0v) is 7.92. The Morgan fingerprint density at radius 1 is 0.667 bits per heavy atom. The van der Waals surface area contributed by atoms with Gasteiger partial charge in [-0.05, 0) is 25.7 Å². The zero-order chi connectivity index (χ0) is 9.07. The molecule has 2 heterocycles. The molecule has 0 unspecified atom stereocenters. The fourth-order valence-electron chi connectivity index (χ4n) is 1.02. The number of hydrogen-bond donors (Lipinski definition) is 1. The summed E-state index contributed by atoms with van der Waals surface area (Å²) in [7, 11) is 1.00. The maximum atomic E-state index is 7.00. The van der Waals surface area contributed by atoms with Gasteiger partial charge < -0.3 is 14.6 Å². The normalized spacial score (nSPS) is 20.5. The number of rotatable bonds is 0. The topological polar surface area (TPSA) is 38.7 Å². The Morgan fingerprint density at radius 2 is 0.917 bits per heavy atom. The fraction of sp³-hybridized carbons (Fsp3) is 1.00. The van der Waals surface area contributed by atoms with Crippen LogP contribution in [0, 0.1) is 0 Å². The van der Waals surface area contributed by atoms with Crippen molar-refractivity contribution >= 4 is 0 Å². The Hall–Kier alpha value is -0.120. The molecule has 12 heavy (non-hydrogen) atoms. The van der Waals surface area contributed by atoms with Crippen molar-refractivity contribution < 1.29 is 14.6 Å². The van der Waals surface area contributed by atoms with Crippen molar-refractivity contribution in [3.63, 3.8) is 0 Å². The van der Waals surface area contributed by atoms with E-state index in [1.165, 1.54) is 25.7 Å². The minimum absolute atomic E-state index is 1.00. The predicted molar refractivity (Wildman–Crippen MR) is 48.2 cm³/mol. The zero-order valence-electron chi connectivity index (χ0n) is 7.92. The Bertz CT molecular complexity index is 43.0. The van der Waals surface area contributed by atoms with E-state index in [-0.39, 0.29) is 0 Å². The van der Waals surface area contributed by atoms with E-state index in [1.54, 1.807) is 0 Å². The monoisotopic (exact) mass is 176 g/mol. The van der Waals surface area contributed by atoms with Gasteiger partial charge in [-0.3, -0.25) is 0 Å². The number of ether oxygens (including phenoxy) is 2. The van der Waals surface area contributed by atoms with E-state index >= 15 is 0 Å². The Labute approximate surface area is 74.7 Å². The van der Waals surface area contributed by atoms with Crippen LogP contribution in [0.3, 0.4) is 0 Å². The van der Waals surface area contributed by atoms with Gasteiger partial charge in [-0.15, -0.1) is 0 Å². The van der Waals surface area contributed by atoms with Crippen molar-refractivity contribution in [1.82, 2.24) is 0 Å². The third-order valence-electron chi connectivity index (χ3n) is 1.65. The van der Waals surface area contributed by atoms with Crippen LogP contribution >= 0.6 is 0 Å². The van der Waals surface area contributed by atoms with Gasteiger partial charge in [0.1, 0.15) is 0 Å². The number of hydrogen-bond acceptors (Lipinski definition) is 3. The summed E-state index contributed by atoms with van der Waals surface area (Å²) in [6.45, 7) is 4.00. The first-order valence-corrected chi connectivity index (χ1v) is 4.60. The molecule has 0 atom stereocenters. The second-order valence-electron chi connectivity index (χ2n) is 2.64. The highest BCUT2D eigenvalue weighted by Crippen LogP contribution is 1.98. The third kappa shape index (κ3) is 7.98. The van der Waals surface area contributed by atoms with E-state index in [9.17, 15) is 0 Å². The van der Waals surface area contributed by atoms with E-state index < -0.39 is 0 Å². The van der Waals surface area contributed by atoms with Crippen molar-refractivity contribution in [2.75, 3.05) is 33.5 Å². The van der Waals surface area contributed by atoms with E-state index in [0.29, 0.717) is 0 Å². The molecule has 2 aliphatic rings. The molecule has 3 nitrogen and oxygen atoms in total. The van der Waals surface area contributed by atoms with Crippen LogP contribution in [0.1, 0.15) is 25.7 Å². The van der Waals surface area contributed by atoms with Crippen molar-refractivity contribution in [3.8, 4) is 0 Å². The first-order valence-electron chi connectivity index (χ1n) is 4.60. The molecule has 0 saturated carbocycles. The van der Waals surface area contributed by atoms with Crippen LogP contribution in [0.2, 0.25) is 0 Å². The van der Waals surface area contributed by atoms with E-state index in [1.807, 2.05) is 0 Å². The molecule has 74 valence electrons. The summed E-state index contributed by atoms with van der Waals surface area (Å²) < 4.78 is 9.89. The maximum Gasteiger partial charge on any atom is 0.0466 e. The largest absolute Gasteiger partial charge is 0.400 e. The first kappa shape index (κ1) is 11.9. The molecule has 0 amide bonds. The van der Waals surface area contributed by atoms with Crippen molar-refractivity contribution in [2.45, 2.75) is 25.7 Å². The Kier molecular flexibility index (Phi) is 10.8. The van der Waals surface area contributed by atoms with Gasteiger partial charge in [0.05, 0.1) is 0 Å². The molecule has 2 saturated heterocycles. The van der Waals surface area contributed by atoms with Crippen LogP contribution in [0.4, 0.5) is 0 Å². The molecule has 2 rings (SSSR count). The van der Waals surface area contributed by atoms with Crippen LogP contribution in [0.25, 0.3) is 0 Å². The number of aliphatic hydroxyl groups excluding tert-OH is 1. The first-order chi connectivity index (χ1) is 6.00. The quantitative estimate of drug-likeness (QED) is 0.603.